The van der Waals surface area contributed by atoms with Crippen molar-refractivity contribution in [3.63, 3.8) is 0 Å². The first-order valence-corrected chi connectivity index (χ1v) is 5.99. The maximum absolute atomic E-state index is 2.38. The van der Waals surface area contributed by atoms with Crippen molar-refractivity contribution >= 4 is 0 Å². The molecule has 1 fully saturated rings. The summed E-state index contributed by atoms with van der Waals surface area (Å²) in [7, 11) is 0. The highest BCUT2D eigenvalue weighted by atomic mass is 14.4. The van der Waals surface area contributed by atoms with Gasteiger partial charge in [-0.2, -0.15) is 0 Å². The Bertz CT molecular complexity index is 146. The lowest BCUT2D eigenvalue weighted by Crippen LogP contribution is -1.79. The summed E-state index contributed by atoms with van der Waals surface area (Å²) in [6.07, 6.45) is 14.4. The first-order valence-electron chi connectivity index (χ1n) is 5.99. The predicted octanol–water partition coefficient (Wildman–Crippen LogP) is 4.56. The summed E-state index contributed by atoms with van der Waals surface area (Å²) in [6, 6.07) is 0. The fraction of sp³-hybridized carbons (Fsp3) is 0.846. The smallest absolute Gasteiger partial charge is 0.0351 e. The van der Waals surface area contributed by atoms with Crippen LogP contribution in [0, 0.1) is 11.8 Å². The molecule has 0 heterocycles. The monoisotopic (exact) mass is 180 g/mol. The van der Waals surface area contributed by atoms with Gasteiger partial charge in [-0.15, -0.1) is 0 Å². The highest BCUT2D eigenvalue weighted by molar-refractivity contribution is 4.85. The summed E-state index contributed by atoms with van der Waals surface area (Å²) in [5.41, 5.74) is 0. The molecule has 0 amide bonds. The standard InChI is InChI=1S/C13H24/c1-3-4-5-6-7-8-9-10-13-11-12(13)2/h6-7,12-13H,3-5,8-11H2,1-2H3. The van der Waals surface area contributed by atoms with E-state index >= 15 is 0 Å². The van der Waals surface area contributed by atoms with E-state index in [-0.39, 0.29) is 0 Å². The van der Waals surface area contributed by atoms with Crippen molar-refractivity contribution < 1.29 is 0 Å². The van der Waals surface area contributed by atoms with Gasteiger partial charge < -0.3 is 0 Å². The molecule has 76 valence electrons. The molecule has 0 radical (unpaired) electrons. The molecule has 0 aliphatic heterocycles. The van der Waals surface area contributed by atoms with Crippen LogP contribution in [0.25, 0.3) is 0 Å². The van der Waals surface area contributed by atoms with Crippen LogP contribution >= 0.6 is 0 Å². The topological polar surface area (TPSA) is 0 Å². The molecule has 2 unspecified atom stereocenters. The number of hydrogen-bond donors (Lipinski definition) is 0. The van der Waals surface area contributed by atoms with Crippen LogP contribution in [0.5, 0.6) is 0 Å². The summed E-state index contributed by atoms with van der Waals surface area (Å²) in [5, 5.41) is 0. The summed E-state index contributed by atoms with van der Waals surface area (Å²) >= 11 is 0. The predicted molar refractivity (Wildman–Crippen MR) is 59.8 cm³/mol. The van der Waals surface area contributed by atoms with E-state index in [9.17, 15) is 0 Å². The van der Waals surface area contributed by atoms with E-state index in [0.717, 1.165) is 11.8 Å². The van der Waals surface area contributed by atoms with Gasteiger partial charge in [0.25, 0.3) is 0 Å². The Balaban J connectivity index is 1.80. The third kappa shape index (κ3) is 5.13. The first-order chi connectivity index (χ1) is 6.34. The van der Waals surface area contributed by atoms with Crippen LogP contribution in [0.4, 0.5) is 0 Å². The van der Waals surface area contributed by atoms with Crippen molar-refractivity contribution in [1.29, 1.82) is 0 Å². The van der Waals surface area contributed by atoms with Crippen LogP contribution in [0.3, 0.4) is 0 Å². The highest BCUT2D eigenvalue weighted by Gasteiger charge is 2.30. The van der Waals surface area contributed by atoms with Crippen molar-refractivity contribution in [1.82, 2.24) is 0 Å². The van der Waals surface area contributed by atoms with Gasteiger partial charge in [-0.1, -0.05) is 38.8 Å². The quantitative estimate of drug-likeness (QED) is 0.398. The lowest BCUT2D eigenvalue weighted by molar-refractivity contribution is 0.635. The molecule has 0 nitrogen and oxygen atoms in total. The lowest BCUT2D eigenvalue weighted by Gasteiger charge is -1.94. The van der Waals surface area contributed by atoms with E-state index in [1.54, 1.807) is 0 Å². The van der Waals surface area contributed by atoms with Crippen LogP contribution in [0.2, 0.25) is 0 Å². The van der Waals surface area contributed by atoms with E-state index in [2.05, 4.69) is 26.0 Å². The molecular formula is C13H24. The fourth-order valence-electron chi connectivity index (χ4n) is 1.86. The van der Waals surface area contributed by atoms with Crippen LogP contribution < -0.4 is 0 Å². The van der Waals surface area contributed by atoms with Gasteiger partial charge >= 0.3 is 0 Å². The molecule has 0 aromatic rings. The van der Waals surface area contributed by atoms with Gasteiger partial charge in [0.1, 0.15) is 0 Å². The molecule has 0 spiro atoms. The van der Waals surface area contributed by atoms with Crippen molar-refractivity contribution in [3.8, 4) is 0 Å². The molecule has 0 aromatic heterocycles. The Morgan fingerprint density at radius 3 is 2.31 bits per heavy atom. The van der Waals surface area contributed by atoms with Crippen molar-refractivity contribution in [3.05, 3.63) is 12.2 Å². The molecule has 1 aliphatic rings. The summed E-state index contributed by atoms with van der Waals surface area (Å²) in [5.74, 6) is 2.13. The number of rotatable bonds is 7. The van der Waals surface area contributed by atoms with Gasteiger partial charge in [-0.3, -0.25) is 0 Å². The second-order valence-corrected chi connectivity index (χ2v) is 4.52. The molecule has 2 atom stereocenters. The molecule has 0 N–H and O–H groups in total. The van der Waals surface area contributed by atoms with Gasteiger partial charge in [0.2, 0.25) is 0 Å². The van der Waals surface area contributed by atoms with Crippen molar-refractivity contribution in [2.75, 3.05) is 0 Å². The Labute approximate surface area is 83.4 Å². The first kappa shape index (κ1) is 10.8. The zero-order chi connectivity index (χ0) is 9.52. The Hall–Kier alpha value is -0.260. The third-order valence-electron chi connectivity index (χ3n) is 3.11. The zero-order valence-corrected chi connectivity index (χ0v) is 9.26. The summed E-state index contributed by atoms with van der Waals surface area (Å²) < 4.78 is 0. The molecule has 1 aliphatic carbocycles. The minimum Gasteiger partial charge on any atom is -0.0885 e. The maximum Gasteiger partial charge on any atom is -0.0351 e. The minimum absolute atomic E-state index is 1.05. The largest absolute Gasteiger partial charge is 0.0885 e. The second-order valence-electron chi connectivity index (χ2n) is 4.52. The van der Waals surface area contributed by atoms with E-state index in [1.165, 1.54) is 44.9 Å². The highest BCUT2D eigenvalue weighted by Crippen LogP contribution is 2.41. The second kappa shape index (κ2) is 6.23. The van der Waals surface area contributed by atoms with Crippen LogP contribution in [-0.2, 0) is 0 Å². The third-order valence-corrected chi connectivity index (χ3v) is 3.11. The van der Waals surface area contributed by atoms with Gasteiger partial charge in [-0.05, 0) is 43.9 Å². The normalized spacial score (nSPS) is 26.9. The van der Waals surface area contributed by atoms with Gasteiger partial charge in [0.15, 0.2) is 0 Å². The molecule has 0 heteroatoms. The Kier molecular flexibility index (Phi) is 5.19. The fourth-order valence-corrected chi connectivity index (χ4v) is 1.86. The number of unbranched alkanes of at least 4 members (excludes halogenated alkanes) is 3. The van der Waals surface area contributed by atoms with Crippen LogP contribution in [0.15, 0.2) is 12.2 Å². The van der Waals surface area contributed by atoms with Crippen LogP contribution in [0.1, 0.15) is 58.8 Å². The Morgan fingerprint density at radius 2 is 1.77 bits per heavy atom. The van der Waals surface area contributed by atoms with Crippen LogP contribution in [-0.4, -0.2) is 0 Å². The van der Waals surface area contributed by atoms with E-state index in [1.807, 2.05) is 0 Å². The van der Waals surface area contributed by atoms with E-state index in [4.69, 9.17) is 0 Å². The molecular weight excluding hydrogens is 156 g/mol. The van der Waals surface area contributed by atoms with Crippen molar-refractivity contribution in [2.45, 2.75) is 58.8 Å². The average Bonchev–Trinajstić information content (AvgIpc) is 2.81. The molecule has 1 saturated carbocycles. The molecule has 0 bridgehead atoms. The Morgan fingerprint density at radius 1 is 1.15 bits per heavy atom. The SMILES string of the molecule is CCCCC=CCCCC1CC1C. The molecule has 0 aromatic carbocycles. The molecule has 13 heavy (non-hydrogen) atoms. The molecule has 0 saturated heterocycles. The maximum atomic E-state index is 2.38. The summed E-state index contributed by atoms with van der Waals surface area (Å²) in [4.78, 5) is 0. The summed E-state index contributed by atoms with van der Waals surface area (Å²) in [6.45, 7) is 4.63. The molecule has 1 rings (SSSR count). The van der Waals surface area contributed by atoms with Gasteiger partial charge in [0, 0.05) is 0 Å². The number of allylic oxidation sites excluding steroid dienone is 2. The average molecular weight is 180 g/mol. The zero-order valence-electron chi connectivity index (χ0n) is 9.26. The lowest BCUT2D eigenvalue weighted by atomic mass is 10.1. The van der Waals surface area contributed by atoms with E-state index < -0.39 is 0 Å². The van der Waals surface area contributed by atoms with Gasteiger partial charge in [-0.25, -0.2) is 0 Å². The number of hydrogen-bond acceptors (Lipinski definition) is 0. The van der Waals surface area contributed by atoms with Gasteiger partial charge in [0.05, 0.1) is 0 Å². The van der Waals surface area contributed by atoms with Crippen molar-refractivity contribution in [2.24, 2.45) is 11.8 Å². The van der Waals surface area contributed by atoms with E-state index in [0.29, 0.717) is 0 Å². The minimum atomic E-state index is 1.05.